The van der Waals surface area contributed by atoms with Crippen LogP contribution < -0.4 is 10.6 Å². The van der Waals surface area contributed by atoms with E-state index in [4.69, 9.17) is 5.73 Å². The number of anilines is 2. The molecule has 2 aromatic rings. The maximum absolute atomic E-state index is 6.22. The maximum atomic E-state index is 6.22. The van der Waals surface area contributed by atoms with Gasteiger partial charge in [0.05, 0.1) is 23.1 Å². The number of nitrogens with zero attached hydrogens (tertiary/aromatic N) is 2. The minimum absolute atomic E-state index is 0.785. The SMILES string of the molecule is CCCC1CCN(c2c(N)cnc3ccc(Br)cc23)C1. The normalized spacial score (nSPS) is 18.9. The molecule has 0 radical (unpaired) electrons. The number of nitrogens with two attached hydrogens (primary N) is 1. The van der Waals surface area contributed by atoms with Crippen LogP contribution in [-0.4, -0.2) is 18.1 Å². The molecule has 4 heteroatoms. The number of fused-ring (bicyclic) bond motifs is 1. The van der Waals surface area contributed by atoms with Crippen molar-refractivity contribution in [1.82, 2.24) is 4.98 Å². The van der Waals surface area contributed by atoms with E-state index in [1.165, 1.54) is 19.3 Å². The Labute approximate surface area is 128 Å². The first kappa shape index (κ1) is 13.7. The summed E-state index contributed by atoms with van der Waals surface area (Å²) in [6.07, 6.45) is 5.63. The van der Waals surface area contributed by atoms with Crippen molar-refractivity contribution in [3.63, 3.8) is 0 Å². The molecule has 1 unspecified atom stereocenters. The average molecular weight is 334 g/mol. The molecule has 1 saturated heterocycles. The average Bonchev–Trinajstić information content (AvgIpc) is 2.87. The van der Waals surface area contributed by atoms with Crippen LogP contribution in [0.2, 0.25) is 0 Å². The highest BCUT2D eigenvalue weighted by molar-refractivity contribution is 9.10. The summed E-state index contributed by atoms with van der Waals surface area (Å²) in [6.45, 7) is 4.47. The monoisotopic (exact) mass is 333 g/mol. The van der Waals surface area contributed by atoms with Crippen LogP contribution in [-0.2, 0) is 0 Å². The van der Waals surface area contributed by atoms with Gasteiger partial charge in [-0.2, -0.15) is 0 Å². The summed E-state index contributed by atoms with van der Waals surface area (Å²) >= 11 is 3.55. The second kappa shape index (κ2) is 5.60. The molecule has 0 spiro atoms. The molecule has 2 heterocycles. The first-order valence-corrected chi connectivity index (χ1v) is 8.07. The quantitative estimate of drug-likeness (QED) is 0.914. The summed E-state index contributed by atoms with van der Waals surface area (Å²) in [7, 11) is 0. The lowest BCUT2D eigenvalue weighted by atomic mass is 10.0. The zero-order chi connectivity index (χ0) is 14.1. The third-order valence-electron chi connectivity index (χ3n) is 4.13. The fourth-order valence-electron chi connectivity index (χ4n) is 3.20. The summed E-state index contributed by atoms with van der Waals surface area (Å²) in [5, 5.41) is 1.15. The second-order valence-corrected chi connectivity index (χ2v) is 6.53. The number of pyridine rings is 1. The van der Waals surface area contributed by atoms with E-state index in [1.807, 2.05) is 12.1 Å². The van der Waals surface area contributed by atoms with Crippen LogP contribution in [0.25, 0.3) is 10.9 Å². The number of rotatable bonds is 3. The number of benzene rings is 1. The molecule has 20 heavy (non-hydrogen) atoms. The molecule has 1 aliphatic rings. The Morgan fingerprint density at radius 2 is 2.30 bits per heavy atom. The van der Waals surface area contributed by atoms with Crippen LogP contribution in [0.4, 0.5) is 11.4 Å². The Balaban J connectivity index is 2.02. The highest BCUT2D eigenvalue weighted by atomic mass is 79.9. The number of nitrogen functional groups attached to an aromatic ring is 1. The van der Waals surface area contributed by atoms with Gasteiger partial charge < -0.3 is 10.6 Å². The second-order valence-electron chi connectivity index (χ2n) is 5.61. The molecule has 1 atom stereocenters. The summed E-state index contributed by atoms with van der Waals surface area (Å²) in [5.41, 5.74) is 9.17. The van der Waals surface area contributed by atoms with Gasteiger partial charge in [0.25, 0.3) is 0 Å². The van der Waals surface area contributed by atoms with Gasteiger partial charge in [0, 0.05) is 22.9 Å². The van der Waals surface area contributed by atoms with Crippen molar-refractivity contribution < 1.29 is 0 Å². The van der Waals surface area contributed by atoms with Crippen LogP contribution in [0.3, 0.4) is 0 Å². The zero-order valence-corrected chi connectivity index (χ0v) is 13.4. The number of halogens is 1. The number of hydrogen-bond acceptors (Lipinski definition) is 3. The van der Waals surface area contributed by atoms with Gasteiger partial charge in [-0.1, -0.05) is 29.3 Å². The molecule has 1 aliphatic heterocycles. The van der Waals surface area contributed by atoms with Gasteiger partial charge in [0.2, 0.25) is 0 Å². The predicted octanol–water partition coefficient (Wildman–Crippen LogP) is 4.21. The van der Waals surface area contributed by atoms with Gasteiger partial charge in [-0.3, -0.25) is 4.98 Å². The maximum Gasteiger partial charge on any atom is 0.0745 e. The van der Waals surface area contributed by atoms with Crippen LogP contribution in [0, 0.1) is 5.92 Å². The molecule has 1 fully saturated rings. The molecule has 0 bridgehead atoms. The van der Waals surface area contributed by atoms with Crippen molar-refractivity contribution in [1.29, 1.82) is 0 Å². The van der Waals surface area contributed by atoms with Crippen molar-refractivity contribution in [3.8, 4) is 0 Å². The van der Waals surface area contributed by atoms with Crippen molar-refractivity contribution in [2.24, 2.45) is 5.92 Å². The highest BCUT2D eigenvalue weighted by Gasteiger charge is 2.24. The lowest BCUT2D eigenvalue weighted by Gasteiger charge is -2.22. The van der Waals surface area contributed by atoms with Gasteiger partial charge >= 0.3 is 0 Å². The van der Waals surface area contributed by atoms with E-state index in [9.17, 15) is 0 Å². The topological polar surface area (TPSA) is 42.1 Å². The number of hydrogen-bond donors (Lipinski definition) is 1. The fourth-order valence-corrected chi connectivity index (χ4v) is 3.56. The number of aromatic nitrogens is 1. The van der Waals surface area contributed by atoms with Crippen LogP contribution >= 0.6 is 15.9 Å². The Bertz CT molecular complexity index is 621. The largest absolute Gasteiger partial charge is 0.396 e. The van der Waals surface area contributed by atoms with Gasteiger partial charge in [-0.25, -0.2) is 0 Å². The van der Waals surface area contributed by atoms with Crippen molar-refractivity contribution >= 4 is 38.2 Å². The van der Waals surface area contributed by atoms with E-state index in [0.717, 1.165) is 45.8 Å². The van der Waals surface area contributed by atoms with Gasteiger partial charge in [-0.05, 0) is 37.0 Å². The minimum atomic E-state index is 0.785. The summed E-state index contributed by atoms with van der Waals surface area (Å²) < 4.78 is 1.07. The van der Waals surface area contributed by atoms with E-state index < -0.39 is 0 Å². The first-order valence-electron chi connectivity index (χ1n) is 7.27. The molecule has 2 N–H and O–H groups in total. The molecule has 1 aromatic heterocycles. The van der Waals surface area contributed by atoms with Crippen molar-refractivity contribution in [2.45, 2.75) is 26.2 Å². The van der Waals surface area contributed by atoms with Gasteiger partial charge in [0.1, 0.15) is 0 Å². The molecule has 0 saturated carbocycles. The smallest absolute Gasteiger partial charge is 0.0745 e. The highest BCUT2D eigenvalue weighted by Crippen LogP contribution is 2.36. The van der Waals surface area contributed by atoms with Gasteiger partial charge in [0.15, 0.2) is 0 Å². The van der Waals surface area contributed by atoms with Gasteiger partial charge in [-0.15, -0.1) is 0 Å². The lowest BCUT2D eigenvalue weighted by Crippen LogP contribution is -2.21. The molecular weight excluding hydrogens is 314 g/mol. The summed E-state index contributed by atoms with van der Waals surface area (Å²) in [4.78, 5) is 6.87. The zero-order valence-electron chi connectivity index (χ0n) is 11.8. The summed E-state index contributed by atoms with van der Waals surface area (Å²) in [6, 6.07) is 6.20. The third-order valence-corrected chi connectivity index (χ3v) is 4.62. The minimum Gasteiger partial charge on any atom is -0.396 e. The van der Waals surface area contributed by atoms with E-state index in [1.54, 1.807) is 6.20 Å². The molecule has 0 aliphatic carbocycles. The molecule has 1 aromatic carbocycles. The van der Waals surface area contributed by atoms with Crippen LogP contribution in [0.1, 0.15) is 26.2 Å². The summed E-state index contributed by atoms with van der Waals surface area (Å²) in [5.74, 6) is 0.801. The molecular formula is C16H20BrN3. The Kier molecular flexibility index (Phi) is 3.83. The molecule has 3 nitrogen and oxygen atoms in total. The van der Waals surface area contributed by atoms with E-state index in [0.29, 0.717) is 0 Å². The van der Waals surface area contributed by atoms with Crippen molar-refractivity contribution in [3.05, 3.63) is 28.9 Å². The standard InChI is InChI=1S/C16H20BrN3/c1-2-3-11-6-7-20(10-11)16-13-8-12(17)4-5-15(13)19-9-14(16)18/h4-5,8-9,11H,2-3,6-7,10,18H2,1H3. The Morgan fingerprint density at radius 3 is 3.10 bits per heavy atom. The van der Waals surface area contributed by atoms with Crippen molar-refractivity contribution in [2.75, 3.05) is 23.7 Å². The lowest BCUT2D eigenvalue weighted by molar-refractivity contribution is 0.530. The fraction of sp³-hybridized carbons (Fsp3) is 0.438. The molecule has 106 valence electrons. The third kappa shape index (κ3) is 2.49. The van der Waals surface area contributed by atoms with Crippen LogP contribution in [0.5, 0.6) is 0 Å². The van der Waals surface area contributed by atoms with E-state index in [-0.39, 0.29) is 0 Å². The molecule has 3 rings (SSSR count). The Hall–Kier alpha value is -1.29. The first-order chi connectivity index (χ1) is 9.69. The predicted molar refractivity (Wildman–Crippen MR) is 89.1 cm³/mol. The Morgan fingerprint density at radius 1 is 1.45 bits per heavy atom. The van der Waals surface area contributed by atoms with E-state index >= 15 is 0 Å². The van der Waals surface area contributed by atoms with Crippen LogP contribution in [0.15, 0.2) is 28.9 Å². The van der Waals surface area contributed by atoms with E-state index in [2.05, 4.69) is 38.8 Å². The molecule has 0 amide bonds.